The predicted octanol–water partition coefficient (Wildman–Crippen LogP) is 3.16. The highest BCUT2D eigenvalue weighted by molar-refractivity contribution is 7.92. The fourth-order valence-electron chi connectivity index (χ4n) is 1.91. The molecule has 124 valence electrons. The van der Waals surface area contributed by atoms with Crippen molar-refractivity contribution in [2.45, 2.75) is 5.03 Å². The first-order valence-corrected chi connectivity index (χ1v) is 8.98. The van der Waals surface area contributed by atoms with Crippen LogP contribution in [0.1, 0.15) is 0 Å². The average Bonchev–Trinajstić information content (AvgIpc) is 3.02. The van der Waals surface area contributed by atoms with Crippen LogP contribution in [0, 0.1) is 5.82 Å². The van der Waals surface area contributed by atoms with Gasteiger partial charge in [-0.1, -0.05) is 0 Å². The van der Waals surface area contributed by atoms with E-state index in [0.717, 1.165) is 17.4 Å². The summed E-state index contributed by atoms with van der Waals surface area (Å²) in [4.78, 5) is 4.04. The first kappa shape index (κ1) is 16.2. The fourth-order valence-corrected chi connectivity index (χ4v) is 4.09. The number of halogens is 1. The average molecular weight is 366 g/mol. The van der Waals surface area contributed by atoms with Crippen molar-refractivity contribution in [3.63, 3.8) is 0 Å². The molecule has 0 fully saturated rings. The van der Waals surface area contributed by atoms with E-state index < -0.39 is 21.6 Å². The lowest BCUT2D eigenvalue weighted by Crippen LogP contribution is -2.13. The zero-order chi connectivity index (χ0) is 17.3. The molecule has 3 rings (SSSR count). The van der Waals surface area contributed by atoms with Gasteiger partial charge in [0.05, 0.1) is 5.69 Å². The van der Waals surface area contributed by atoms with Crippen molar-refractivity contribution < 1.29 is 23.0 Å². The highest BCUT2D eigenvalue weighted by atomic mass is 32.2. The summed E-state index contributed by atoms with van der Waals surface area (Å²) in [5.74, 6) is -0.997. The minimum absolute atomic E-state index is 0.0795. The SMILES string of the molecule is O=S(=O)(Nc1ccc(O)cc1O)c1csc(-c2ccc(F)cc2)n1. The number of aromatic hydroxyl groups is 2. The van der Waals surface area contributed by atoms with Crippen LogP contribution in [0.5, 0.6) is 11.5 Å². The molecule has 6 nitrogen and oxygen atoms in total. The molecule has 0 saturated carbocycles. The molecule has 0 unspecified atom stereocenters. The Morgan fingerprint density at radius 2 is 1.79 bits per heavy atom. The number of phenolic OH excluding ortho intramolecular Hbond substituents is 2. The summed E-state index contributed by atoms with van der Waals surface area (Å²) in [6, 6.07) is 9.02. The minimum Gasteiger partial charge on any atom is -0.508 e. The van der Waals surface area contributed by atoms with Crippen LogP contribution in [-0.4, -0.2) is 23.6 Å². The van der Waals surface area contributed by atoms with Crippen molar-refractivity contribution in [2.75, 3.05) is 4.72 Å². The number of nitrogens with zero attached hydrogens (tertiary/aromatic N) is 1. The Labute approximate surface area is 140 Å². The standard InChI is InChI=1S/C15H11FN2O4S2/c16-10-3-1-9(2-4-10)15-17-14(8-23-15)24(21,22)18-12-6-5-11(19)7-13(12)20/h1-8,18-20H. The van der Waals surface area contributed by atoms with Crippen LogP contribution in [0.3, 0.4) is 0 Å². The van der Waals surface area contributed by atoms with Gasteiger partial charge in [0.1, 0.15) is 22.3 Å². The highest BCUT2D eigenvalue weighted by Gasteiger charge is 2.20. The van der Waals surface area contributed by atoms with Gasteiger partial charge in [-0.3, -0.25) is 4.72 Å². The van der Waals surface area contributed by atoms with Crippen LogP contribution in [0.25, 0.3) is 10.6 Å². The summed E-state index contributed by atoms with van der Waals surface area (Å²) in [6.45, 7) is 0. The summed E-state index contributed by atoms with van der Waals surface area (Å²) >= 11 is 1.10. The number of aromatic nitrogens is 1. The van der Waals surface area contributed by atoms with Gasteiger partial charge in [-0.2, -0.15) is 8.42 Å². The maximum atomic E-state index is 12.9. The van der Waals surface area contributed by atoms with E-state index in [1.165, 1.54) is 41.8 Å². The van der Waals surface area contributed by atoms with Gasteiger partial charge in [0, 0.05) is 17.0 Å². The first-order chi connectivity index (χ1) is 11.3. The summed E-state index contributed by atoms with van der Waals surface area (Å²) in [6.07, 6.45) is 0. The Balaban J connectivity index is 1.89. The number of phenols is 2. The zero-order valence-electron chi connectivity index (χ0n) is 12.0. The molecule has 0 atom stereocenters. The lowest BCUT2D eigenvalue weighted by molar-refractivity contribution is 0.452. The molecule has 0 spiro atoms. The van der Waals surface area contributed by atoms with Gasteiger partial charge < -0.3 is 10.2 Å². The topological polar surface area (TPSA) is 99.5 Å². The van der Waals surface area contributed by atoms with E-state index in [4.69, 9.17) is 0 Å². The van der Waals surface area contributed by atoms with Crippen LogP contribution in [0.4, 0.5) is 10.1 Å². The fraction of sp³-hybridized carbons (Fsp3) is 0. The van der Waals surface area contributed by atoms with Gasteiger partial charge in [0.25, 0.3) is 10.0 Å². The number of hydrogen-bond donors (Lipinski definition) is 3. The molecule has 9 heteroatoms. The number of thiazole rings is 1. The Morgan fingerprint density at radius 3 is 2.46 bits per heavy atom. The third-order valence-corrected chi connectivity index (χ3v) is 5.36. The van der Waals surface area contributed by atoms with E-state index in [9.17, 15) is 23.0 Å². The lowest BCUT2D eigenvalue weighted by atomic mass is 10.2. The Kier molecular flexibility index (Phi) is 4.12. The van der Waals surface area contributed by atoms with Crippen LogP contribution in [0.2, 0.25) is 0 Å². The minimum atomic E-state index is -4.01. The van der Waals surface area contributed by atoms with E-state index in [1.807, 2.05) is 0 Å². The third-order valence-electron chi connectivity index (χ3n) is 3.08. The predicted molar refractivity (Wildman–Crippen MR) is 88.1 cm³/mol. The molecular formula is C15H11FN2O4S2. The van der Waals surface area contributed by atoms with Crippen molar-refractivity contribution in [1.82, 2.24) is 4.98 Å². The number of benzene rings is 2. The van der Waals surface area contributed by atoms with Crippen LogP contribution < -0.4 is 4.72 Å². The normalized spacial score (nSPS) is 11.4. The van der Waals surface area contributed by atoms with Gasteiger partial charge >= 0.3 is 0 Å². The second-order valence-corrected chi connectivity index (χ2v) is 7.29. The molecule has 0 aliphatic carbocycles. The van der Waals surface area contributed by atoms with Crippen molar-refractivity contribution >= 4 is 27.0 Å². The number of rotatable bonds is 4. The molecular weight excluding hydrogens is 355 g/mol. The van der Waals surface area contributed by atoms with E-state index >= 15 is 0 Å². The highest BCUT2D eigenvalue weighted by Crippen LogP contribution is 2.31. The molecule has 0 amide bonds. The van der Waals surface area contributed by atoms with Gasteiger partial charge in [-0.25, -0.2) is 9.37 Å². The third kappa shape index (κ3) is 3.31. The van der Waals surface area contributed by atoms with E-state index in [1.54, 1.807) is 0 Å². The van der Waals surface area contributed by atoms with Crippen LogP contribution in [-0.2, 0) is 10.0 Å². The van der Waals surface area contributed by atoms with Crippen molar-refractivity contribution in [1.29, 1.82) is 0 Å². The molecule has 0 aliphatic rings. The Morgan fingerprint density at radius 1 is 1.08 bits per heavy atom. The van der Waals surface area contributed by atoms with Gasteiger partial charge in [0.2, 0.25) is 0 Å². The molecule has 2 aromatic carbocycles. The smallest absolute Gasteiger partial charge is 0.280 e. The van der Waals surface area contributed by atoms with E-state index in [-0.39, 0.29) is 16.5 Å². The summed E-state index contributed by atoms with van der Waals surface area (Å²) in [5, 5.41) is 20.4. The first-order valence-electron chi connectivity index (χ1n) is 6.61. The Hall–Kier alpha value is -2.65. The molecule has 0 bridgehead atoms. The quantitative estimate of drug-likeness (QED) is 0.486. The maximum Gasteiger partial charge on any atom is 0.280 e. The molecule has 3 aromatic rings. The lowest BCUT2D eigenvalue weighted by Gasteiger charge is -2.07. The molecule has 3 N–H and O–H groups in total. The van der Waals surface area contributed by atoms with Gasteiger partial charge in [-0.15, -0.1) is 11.3 Å². The maximum absolute atomic E-state index is 12.9. The molecule has 0 aliphatic heterocycles. The van der Waals surface area contributed by atoms with Gasteiger partial charge in [0.15, 0.2) is 5.03 Å². The van der Waals surface area contributed by atoms with Gasteiger partial charge in [-0.05, 0) is 36.4 Å². The number of sulfonamides is 1. The van der Waals surface area contributed by atoms with Crippen molar-refractivity contribution in [2.24, 2.45) is 0 Å². The number of hydrogen-bond acceptors (Lipinski definition) is 6. The number of nitrogens with one attached hydrogen (secondary N) is 1. The largest absolute Gasteiger partial charge is 0.508 e. The zero-order valence-corrected chi connectivity index (χ0v) is 13.6. The monoisotopic (exact) mass is 366 g/mol. The summed E-state index contributed by atoms with van der Waals surface area (Å²) in [5.41, 5.74) is 0.513. The molecule has 1 heterocycles. The molecule has 0 radical (unpaired) electrons. The van der Waals surface area contributed by atoms with E-state index in [2.05, 4.69) is 9.71 Å². The van der Waals surface area contributed by atoms with Crippen molar-refractivity contribution in [3.8, 4) is 22.1 Å². The number of anilines is 1. The molecule has 24 heavy (non-hydrogen) atoms. The molecule has 1 aromatic heterocycles. The van der Waals surface area contributed by atoms with Crippen molar-refractivity contribution in [3.05, 3.63) is 53.7 Å². The summed E-state index contributed by atoms with van der Waals surface area (Å²) < 4.78 is 39.8. The Bertz CT molecular complexity index is 985. The second-order valence-electron chi connectivity index (χ2n) is 4.80. The van der Waals surface area contributed by atoms with Crippen LogP contribution >= 0.6 is 11.3 Å². The second kappa shape index (κ2) is 6.10. The van der Waals surface area contributed by atoms with Crippen LogP contribution in [0.15, 0.2) is 52.9 Å². The summed E-state index contributed by atoms with van der Waals surface area (Å²) in [7, 11) is -4.01. The molecule has 0 saturated heterocycles. The van der Waals surface area contributed by atoms with E-state index in [0.29, 0.717) is 10.6 Å².